The second-order valence-electron chi connectivity index (χ2n) is 11.0. The molecule has 0 N–H and O–H groups in total. The molecule has 1 saturated heterocycles. The third-order valence-electron chi connectivity index (χ3n) is 5.81. The molecular formula is C29H50N4. The highest BCUT2D eigenvalue weighted by Crippen LogP contribution is 2.24. The molecule has 4 heteroatoms. The predicted octanol–water partition coefficient (Wildman–Crippen LogP) is 7.11. The molecule has 186 valence electrons. The SMILES string of the molecule is CC(C)CC1CCN(C(C)C)CC1.CC(C)Cc1cccnc1.CC(C)Cc1cncnc1. The van der Waals surface area contributed by atoms with E-state index in [4.69, 9.17) is 0 Å². The summed E-state index contributed by atoms with van der Waals surface area (Å²) in [5, 5.41) is 0. The highest BCUT2D eigenvalue weighted by molar-refractivity contribution is 5.08. The lowest BCUT2D eigenvalue weighted by Crippen LogP contribution is -2.38. The fourth-order valence-corrected chi connectivity index (χ4v) is 4.27. The molecule has 0 spiro atoms. The molecule has 4 nitrogen and oxygen atoms in total. The molecule has 0 bridgehead atoms. The first kappa shape index (κ1) is 29.2. The van der Waals surface area contributed by atoms with Gasteiger partial charge in [-0.15, -0.1) is 0 Å². The maximum absolute atomic E-state index is 4.04. The Kier molecular flexibility index (Phi) is 14.8. The van der Waals surface area contributed by atoms with E-state index in [0.717, 1.165) is 36.6 Å². The normalized spacial score (nSPS) is 14.8. The first-order chi connectivity index (χ1) is 15.7. The van der Waals surface area contributed by atoms with Crippen LogP contribution in [-0.2, 0) is 12.8 Å². The molecular weight excluding hydrogens is 404 g/mol. The standard InChI is InChI=1S/C12H25N.C9H13N.C8H12N2/c1-10(2)9-12-5-7-13(8-6-12)11(3)4;1-8(2)6-9-4-3-5-10-7-9;1-7(2)3-8-4-9-6-10-5-8/h10-12H,5-9H2,1-4H3;3-5,7-8H,6H2,1-2H3;4-7H,3H2,1-2H3. The largest absolute Gasteiger partial charge is 0.301 e. The number of nitrogens with zero attached hydrogens (tertiary/aromatic N) is 4. The Balaban J connectivity index is 0.000000251. The summed E-state index contributed by atoms with van der Waals surface area (Å²) >= 11 is 0. The highest BCUT2D eigenvalue weighted by atomic mass is 15.1. The van der Waals surface area contributed by atoms with Gasteiger partial charge < -0.3 is 4.90 Å². The molecule has 1 fully saturated rings. The van der Waals surface area contributed by atoms with Gasteiger partial charge >= 0.3 is 0 Å². The quantitative estimate of drug-likeness (QED) is 0.447. The number of aromatic nitrogens is 3. The summed E-state index contributed by atoms with van der Waals surface area (Å²) in [5.41, 5.74) is 2.55. The first-order valence-electron chi connectivity index (χ1n) is 13.0. The van der Waals surface area contributed by atoms with Crippen molar-refractivity contribution in [3.63, 3.8) is 0 Å². The van der Waals surface area contributed by atoms with Crippen molar-refractivity contribution in [2.24, 2.45) is 23.7 Å². The third kappa shape index (κ3) is 14.9. The van der Waals surface area contributed by atoms with E-state index in [9.17, 15) is 0 Å². The van der Waals surface area contributed by atoms with Gasteiger partial charge in [-0.2, -0.15) is 0 Å². The maximum Gasteiger partial charge on any atom is 0.115 e. The molecule has 0 radical (unpaired) electrons. The summed E-state index contributed by atoms with van der Waals surface area (Å²) in [4.78, 5) is 14.5. The molecule has 33 heavy (non-hydrogen) atoms. The molecule has 2 aromatic rings. The van der Waals surface area contributed by atoms with E-state index >= 15 is 0 Å². The van der Waals surface area contributed by atoms with E-state index in [1.54, 1.807) is 6.33 Å². The van der Waals surface area contributed by atoms with Crippen molar-refractivity contribution in [2.45, 2.75) is 93.5 Å². The number of hydrogen-bond donors (Lipinski definition) is 0. The fourth-order valence-electron chi connectivity index (χ4n) is 4.27. The number of pyridine rings is 1. The Morgan fingerprint density at radius 3 is 1.76 bits per heavy atom. The van der Waals surface area contributed by atoms with Crippen LogP contribution in [0.3, 0.4) is 0 Å². The zero-order chi connectivity index (χ0) is 24.6. The minimum Gasteiger partial charge on any atom is -0.301 e. The van der Waals surface area contributed by atoms with E-state index in [0.29, 0.717) is 5.92 Å². The van der Waals surface area contributed by atoms with Crippen molar-refractivity contribution >= 4 is 0 Å². The van der Waals surface area contributed by atoms with Crippen LogP contribution in [0.5, 0.6) is 0 Å². The van der Waals surface area contributed by atoms with Crippen LogP contribution < -0.4 is 0 Å². The molecule has 3 heterocycles. The zero-order valence-corrected chi connectivity index (χ0v) is 22.7. The summed E-state index contributed by atoms with van der Waals surface area (Å²) in [6.45, 7) is 20.8. The van der Waals surface area contributed by atoms with E-state index in [2.05, 4.69) is 81.3 Å². The van der Waals surface area contributed by atoms with Crippen LogP contribution in [0.1, 0.15) is 85.8 Å². The van der Waals surface area contributed by atoms with Gasteiger partial charge in [0.2, 0.25) is 0 Å². The van der Waals surface area contributed by atoms with Crippen LogP contribution in [-0.4, -0.2) is 39.0 Å². The molecule has 0 aliphatic carbocycles. The third-order valence-corrected chi connectivity index (χ3v) is 5.81. The van der Waals surface area contributed by atoms with Crippen LogP contribution in [0, 0.1) is 23.7 Å². The molecule has 0 aromatic carbocycles. The number of piperidine rings is 1. The minimum absolute atomic E-state index is 0.686. The number of likely N-dealkylation sites (tertiary alicyclic amines) is 1. The Bertz CT molecular complexity index is 645. The average Bonchev–Trinajstić information content (AvgIpc) is 2.75. The van der Waals surface area contributed by atoms with E-state index < -0.39 is 0 Å². The topological polar surface area (TPSA) is 41.9 Å². The van der Waals surface area contributed by atoms with Crippen molar-refractivity contribution in [1.82, 2.24) is 19.9 Å². The van der Waals surface area contributed by atoms with Gasteiger partial charge in [0.15, 0.2) is 0 Å². The molecule has 1 aliphatic heterocycles. The van der Waals surface area contributed by atoms with Gasteiger partial charge in [-0.05, 0) is 99.9 Å². The maximum atomic E-state index is 4.04. The lowest BCUT2D eigenvalue weighted by Gasteiger charge is -2.35. The van der Waals surface area contributed by atoms with Crippen molar-refractivity contribution in [3.8, 4) is 0 Å². The van der Waals surface area contributed by atoms with Crippen LogP contribution in [0.15, 0.2) is 43.2 Å². The average molecular weight is 455 g/mol. The Labute approximate surface area is 204 Å². The van der Waals surface area contributed by atoms with Crippen molar-refractivity contribution in [3.05, 3.63) is 54.4 Å². The summed E-state index contributed by atoms with van der Waals surface area (Å²) in [6.07, 6.45) is 15.5. The molecule has 0 atom stereocenters. The van der Waals surface area contributed by atoms with Crippen LogP contribution in [0.4, 0.5) is 0 Å². The van der Waals surface area contributed by atoms with Crippen LogP contribution >= 0.6 is 0 Å². The van der Waals surface area contributed by atoms with Crippen molar-refractivity contribution < 1.29 is 0 Å². The first-order valence-corrected chi connectivity index (χ1v) is 13.0. The van der Waals surface area contributed by atoms with Gasteiger partial charge in [-0.1, -0.05) is 47.6 Å². The number of rotatable bonds is 7. The Hall–Kier alpha value is -1.81. The number of hydrogen-bond acceptors (Lipinski definition) is 4. The van der Waals surface area contributed by atoms with Gasteiger partial charge in [-0.3, -0.25) is 4.98 Å². The zero-order valence-electron chi connectivity index (χ0n) is 22.7. The summed E-state index contributed by atoms with van der Waals surface area (Å²) < 4.78 is 0. The van der Waals surface area contributed by atoms with E-state index in [1.165, 1.54) is 43.5 Å². The van der Waals surface area contributed by atoms with Crippen LogP contribution in [0.2, 0.25) is 0 Å². The van der Waals surface area contributed by atoms with Crippen molar-refractivity contribution in [2.75, 3.05) is 13.1 Å². The second kappa shape index (κ2) is 16.7. The molecule has 0 unspecified atom stereocenters. The lowest BCUT2D eigenvalue weighted by molar-refractivity contribution is 0.139. The monoisotopic (exact) mass is 454 g/mol. The highest BCUT2D eigenvalue weighted by Gasteiger charge is 2.20. The molecule has 0 amide bonds. The molecule has 2 aromatic heterocycles. The molecule has 3 rings (SSSR count). The van der Waals surface area contributed by atoms with Gasteiger partial charge in [0.1, 0.15) is 6.33 Å². The minimum atomic E-state index is 0.686. The summed E-state index contributed by atoms with van der Waals surface area (Å²) in [6, 6.07) is 4.85. The van der Waals surface area contributed by atoms with Gasteiger partial charge in [0.05, 0.1) is 0 Å². The van der Waals surface area contributed by atoms with Crippen molar-refractivity contribution in [1.29, 1.82) is 0 Å². The van der Waals surface area contributed by atoms with Gasteiger partial charge in [-0.25, -0.2) is 9.97 Å². The van der Waals surface area contributed by atoms with E-state index in [1.807, 2.05) is 30.9 Å². The molecule has 1 aliphatic rings. The van der Waals surface area contributed by atoms with E-state index in [-0.39, 0.29) is 0 Å². The smallest absolute Gasteiger partial charge is 0.115 e. The Morgan fingerprint density at radius 2 is 1.30 bits per heavy atom. The predicted molar refractivity (Wildman–Crippen MR) is 142 cm³/mol. The van der Waals surface area contributed by atoms with Crippen LogP contribution in [0.25, 0.3) is 0 Å². The second-order valence-corrected chi connectivity index (χ2v) is 11.0. The molecule has 0 saturated carbocycles. The Morgan fingerprint density at radius 1 is 0.758 bits per heavy atom. The van der Waals surface area contributed by atoms with Gasteiger partial charge in [0.25, 0.3) is 0 Å². The summed E-state index contributed by atoms with van der Waals surface area (Å²) in [7, 11) is 0. The lowest BCUT2D eigenvalue weighted by atomic mass is 9.88. The fraction of sp³-hybridized carbons (Fsp3) is 0.690. The van der Waals surface area contributed by atoms with Gasteiger partial charge in [0, 0.05) is 30.8 Å². The summed E-state index contributed by atoms with van der Waals surface area (Å²) in [5.74, 6) is 3.31.